The highest BCUT2D eigenvalue weighted by Crippen LogP contribution is 2.33. The van der Waals surface area contributed by atoms with Crippen molar-refractivity contribution in [3.05, 3.63) is 35.7 Å². The van der Waals surface area contributed by atoms with Gasteiger partial charge in [0.1, 0.15) is 11.4 Å². The Kier molecular flexibility index (Phi) is 4.39. The Morgan fingerprint density at radius 3 is 2.68 bits per heavy atom. The topological polar surface area (TPSA) is 93.2 Å². The first-order valence-corrected chi connectivity index (χ1v) is 8.92. The van der Waals surface area contributed by atoms with Crippen LogP contribution in [-0.2, 0) is 23.9 Å². The minimum Gasteiger partial charge on any atom is -0.478 e. The molecule has 2 aliphatic rings. The van der Waals surface area contributed by atoms with Crippen molar-refractivity contribution in [2.45, 2.75) is 38.0 Å². The average molecular weight is 397 g/mol. The number of halogens is 3. The van der Waals surface area contributed by atoms with Crippen LogP contribution in [0.3, 0.4) is 0 Å². The number of hydrogen-bond acceptors (Lipinski definition) is 4. The Morgan fingerprint density at radius 2 is 2.00 bits per heavy atom. The van der Waals surface area contributed by atoms with E-state index in [4.69, 9.17) is 5.11 Å². The Bertz CT molecular complexity index is 920. The lowest BCUT2D eigenvalue weighted by Gasteiger charge is -2.27. The summed E-state index contributed by atoms with van der Waals surface area (Å²) in [5.74, 6) is -1.07. The number of aryl methyl sites for hydroxylation is 1. The second kappa shape index (κ2) is 6.64. The van der Waals surface area contributed by atoms with Crippen LogP contribution in [0.25, 0.3) is 0 Å². The monoisotopic (exact) mass is 397 g/mol. The lowest BCUT2D eigenvalue weighted by atomic mass is 9.96. The SMILES string of the molecule is O=C(O)c1cn(C2CCN(C(=O)C3CCn4ccnc4C3)C2)nc1C(F)(F)F. The van der Waals surface area contributed by atoms with Crippen molar-refractivity contribution >= 4 is 11.9 Å². The molecule has 0 aromatic carbocycles. The molecule has 2 aliphatic heterocycles. The van der Waals surface area contributed by atoms with Gasteiger partial charge in [-0.05, 0) is 12.8 Å². The van der Waals surface area contributed by atoms with Gasteiger partial charge in [-0.25, -0.2) is 9.78 Å². The molecule has 1 N–H and O–H groups in total. The molecule has 4 heterocycles. The number of aromatic nitrogens is 4. The first kappa shape index (κ1) is 18.5. The Hall–Kier alpha value is -2.85. The summed E-state index contributed by atoms with van der Waals surface area (Å²) in [6, 6.07) is -0.483. The second-order valence-corrected chi connectivity index (χ2v) is 7.13. The summed E-state index contributed by atoms with van der Waals surface area (Å²) in [6.45, 7) is 1.32. The zero-order valence-electron chi connectivity index (χ0n) is 14.8. The van der Waals surface area contributed by atoms with Crippen LogP contribution in [0, 0.1) is 5.92 Å². The van der Waals surface area contributed by atoms with E-state index in [0.29, 0.717) is 32.4 Å². The van der Waals surface area contributed by atoms with Crippen LogP contribution in [-0.4, -0.2) is 54.3 Å². The molecule has 4 rings (SSSR count). The number of carbonyl (C=O) groups excluding carboxylic acids is 1. The van der Waals surface area contributed by atoms with Gasteiger partial charge in [0.2, 0.25) is 5.91 Å². The first-order chi connectivity index (χ1) is 13.2. The van der Waals surface area contributed by atoms with E-state index in [0.717, 1.165) is 16.7 Å². The summed E-state index contributed by atoms with van der Waals surface area (Å²) in [7, 11) is 0. The van der Waals surface area contributed by atoms with E-state index in [1.54, 1.807) is 11.1 Å². The number of hydrogen-bond donors (Lipinski definition) is 1. The number of carboxylic acid groups (broad SMARTS) is 1. The molecule has 0 aliphatic carbocycles. The van der Waals surface area contributed by atoms with Crippen LogP contribution in [0.15, 0.2) is 18.6 Å². The summed E-state index contributed by atoms with van der Waals surface area (Å²) in [4.78, 5) is 29.8. The van der Waals surface area contributed by atoms with Crippen molar-refractivity contribution in [2.24, 2.45) is 5.92 Å². The lowest BCUT2D eigenvalue weighted by Crippen LogP contribution is -2.38. The van der Waals surface area contributed by atoms with Crippen molar-refractivity contribution in [3.63, 3.8) is 0 Å². The van der Waals surface area contributed by atoms with Crippen LogP contribution in [0.4, 0.5) is 13.2 Å². The van der Waals surface area contributed by atoms with Gasteiger partial charge in [0.05, 0.1) is 6.04 Å². The van der Waals surface area contributed by atoms with Gasteiger partial charge in [0.15, 0.2) is 5.69 Å². The highest BCUT2D eigenvalue weighted by Gasteiger charge is 2.41. The number of imidazole rings is 1. The van der Waals surface area contributed by atoms with E-state index in [1.165, 1.54) is 0 Å². The predicted octanol–water partition coefficient (Wildman–Crippen LogP) is 1.83. The van der Waals surface area contributed by atoms with Gasteiger partial charge in [-0.1, -0.05) is 0 Å². The maximum Gasteiger partial charge on any atom is 0.436 e. The number of carboxylic acids is 1. The maximum absolute atomic E-state index is 13.0. The number of rotatable bonds is 3. The van der Waals surface area contributed by atoms with Gasteiger partial charge in [0.25, 0.3) is 0 Å². The van der Waals surface area contributed by atoms with E-state index < -0.39 is 29.4 Å². The van der Waals surface area contributed by atoms with Crippen LogP contribution in [0.1, 0.15) is 40.8 Å². The van der Waals surface area contributed by atoms with Gasteiger partial charge >= 0.3 is 12.1 Å². The van der Waals surface area contributed by atoms with Crippen LogP contribution in [0.5, 0.6) is 0 Å². The number of fused-ring (bicyclic) bond motifs is 1. The van der Waals surface area contributed by atoms with Crippen molar-refractivity contribution in [1.82, 2.24) is 24.2 Å². The minimum atomic E-state index is -4.85. The molecule has 2 aromatic heterocycles. The molecule has 2 unspecified atom stereocenters. The third-order valence-corrected chi connectivity index (χ3v) is 5.38. The standard InChI is InChI=1S/C17H18F3N5O3/c18-17(19,20)14-12(16(27)28)9-25(22-14)11-2-5-24(8-11)15(26)10-1-4-23-6-3-21-13(23)7-10/h3,6,9-11H,1-2,4-5,7-8H2,(H,27,28). The van der Waals surface area contributed by atoms with Crippen molar-refractivity contribution in [3.8, 4) is 0 Å². The molecule has 2 aromatic rings. The minimum absolute atomic E-state index is 0.0431. The molecule has 8 nitrogen and oxygen atoms in total. The predicted molar refractivity (Wildman–Crippen MR) is 88.5 cm³/mol. The van der Waals surface area contributed by atoms with Crippen LogP contribution in [0.2, 0.25) is 0 Å². The molecule has 0 spiro atoms. The fourth-order valence-corrected chi connectivity index (χ4v) is 3.92. The number of aromatic carboxylic acids is 1. The molecule has 28 heavy (non-hydrogen) atoms. The smallest absolute Gasteiger partial charge is 0.436 e. The first-order valence-electron chi connectivity index (χ1n) is 8.92. The Labute approximate surface area is 157 Å². The number of alkyl halides is 3. The van der Waals surface area contributed by atoms with E-state index in [-0.39, 0.29) is 18.4 Å². The molecule has 2 atom stereocenters. The Balaban J connectivity index is 1.47. The summed E-state index contributed by atoms with van der Waals surface area (Å²) >= 11 is 0. The Morgan fingerprint density at radius 1 is 1.21 bits per heavy atom. The van der Waals surface area contributed by atoms with Crippen molar-refractivity contribution in [1.29, 1.82) is 0 Å². The normalized spacial score (nSPS) is 22.3. The third kappa shape index (κ3) is 3.25. The van der Waals surface area contributed by atoms with Gasteiger partial charge in [-0.3, -0.25) is 9.48 Å². The fourth-order valence-electron chi connectivity index (χ4n) is 3.92. The molecular weight excluding hydrogens is 379 g/mol. The largest absolute Gasteiger partial charge is 0.478 e. The highest BCUT2D eigenvalue weighted by molar-refractivity contribution is 5.88. The van der Waals surface area contributed by atoms with E-state index in [9.17, 15) is 22.8 Å². The number of carbonyl (C=O) groups is 2. The number of likely N-dealkylation sites (tertiary alicyclic amines) is 1. The van der Waals surface area contributed by atoms with E-state index in [2.05, 4.69) is 10.1 Å². The van der Waals surface area contributed by atoms with Crippen LogP contribution < -0.4 is 0 Å². The van der Waals surface area contributed by atoms with Gasteiger partial charge < -0.3 is 14.6 Å². The molecule has 1 saturated heterocycles. The molecule has 1 amide bonds. The molecule has 1 fully saturated rings. The summed E-state index contributed by atoms with van der Waals surface area (Å²) in [5.41, 5.74) is -2.29. The molecule has 0 bridgehead atoms. The average Bonchev–Trinajstić information content (AvgIpc) is 3.37. The third-order valence-electron chi connectivity index (χ3n) is 5.38. The van der Waals surface area contributed by atoms with E-state index in [1.807, 2.05) is 10.8 Å². The van der Waals surface area contributed by atoms with Crippen molar-refractivity contribution < 1.29 is 27.9 Å². The molecular formula is C17H18F3N5O3. The molecule has 0 radical (unpaired) electrons. The van der Waals surface area contributed by atoms with Gasteiger partial charge in [-0.15, -0.1) is 0 Å². The summed E-state index contributed by atoms with van der Waals surface area (Å²) in [5, 5.41) is 12.5. The van der Waals surface area contributed by atoms with Gasteiger partial charge in [0, 0.05) is 50.6 Å². The maximum atomic E-state index is 13.0. The quantitative estimate of drug-likeness (QED) is 0.853. The summed E-state index contributed by atoms with van der Waals surface area (Å²) in [6.07, 6.45) is 1.27. The summed E-state index contributed by atoms with van der Waals surface area (Å²) < 4.78 is 42.2. The zero-order valence-corrected chi connectivity index (χ0v) is 14.8. The van der Waals surface area contributed by atoms with Gasteiger partial charge in [-0.2, -0.15) is 18.3 Å². The molecule has 11 heteroatoms. The number of nitrogens with zero attached hydrogens (tertiary/aromatic N) is 5. The second-order valence-electron chi connectivity index (χ2n) is 7.13. The fraction of sp³-hybridized carbons (Fsp3) is 0.529. The lowest BCUT2D eigenvalue weighted by molar-refractivity contribution is -0.142. The van der Waals surface area contributed by atoms with E-state index >= 15 is 0 Å². The number of amides is 1. The van der Waals surface area contributed by atoms with Crippen molar-refractivity contribution in [2.75, 3.05) is 13.1 Å². The molecule has 150 valence electrons. The van der Waals surface area contributed by atoms with Crippen LogP contribution >= 0.6 is 0 Å². The molecule has 0 saturated carbocycles. The zero-order chi connectivity index (χ0) is 20.1. The highest BCUT2D eigenvalue weighted by atomic mass is 19.4.